The quantitative estimate of drug-likeness (QED) is 0.752. The Labute approximate surface area is 175 Å². The van der Waals surface area contributed by atoms with E-state index >= 15 is 0 Å². The van der Waals surface area contributed by atoms with Crippen molar-refractivity contribution in [2.45, 2.75) is 38.5 Å². The Hall–Kier alpha value is -2.23. The van der Waals surface area contributed by atoms with E-state index in [0.29, 0.717) is 35.1 Å². The van der Waals surface area contributed by atoms with Crippen molar-refractivity contribution in [3.63, 3.8) is 0 Å². The highest BCUT2D eigenvalue weighted by Crippen LogP contribution is 2.32. The summed E-state index contributed by atoms with van der Waals surface area (Å²) < 4.78 is 27.2. The fourth-order valence-electron chi connectivity index (χ4n) is 3.48. The third kappa shape index (κ3) is 4.36. The van der Waals surface area contributed by atoms with Crippen molar-refractivity contribution in [1.82, 2.24) is 4.31 Å². The van der Waals surface area contributed by atoms with Gasteiger partial charge in [0.15, 0.2) is 0 Å². The van der Waals surface area contributed by atoms with Gasteiger partial charge in [0.1, 0.15) is 5.00 Å². The second-order valence-electron chi connectivity index (χ2n) is 7.44. The van der Waals surface area contributed by atoms with Crippen LogP contribution in [0.1, 0.15) is 50.9 Å². The van der Waals surface area contributed by atoms with Crippen LogP contribution in [0, 0.1) is 19.8 Å². The van der Waals surface area contributed by atoms with E-state index in [4.69, 9.17) is 5.73 Å². The normalized spacial score (nSPS) is 17.8. The molecule has 0 radical (unpaired) electrons. The number of amides is 2. The zero-order chi connectivity index (χ0) is 21.3. The molecule has 2 heterocycles. The number of piperidine rings is 1. The summed E-state index contributed by atoms with van der Waals surface area (Å²) in [6.07, 6.45) is 1.88. The molecular formula is C20H25N3O4S2. The van der Waals surface area contributed by atoms with Crippen LogP contribution >= 0.6 is 11.3 Å². The number of carbonyl (C=O) groups excluding carboxylic acids is 2. The van der Waals surface area contributed by atoms with Crippen molar-refractivity contribution in [2.75, 3.05) is 18.4 Å². The largest absolute Gasteiger partial charge is 0.365 e. The number of carbonyl (C=O) groups is 2. The van der Waals surface area contributed by atoms with Gasteiger partial charge in [0.2, 0.25) is 10.0 Å². The number of nitrogens with two attached hydrogens (primary N) is 1. The number of hydrogen-bond acceptors (Lipinski definition) is 5. The maximum Gasteiger partial charge on any atom is 0.256 e. The van der Waals surface area contributed by atoms with Gasteiger partial charge in [-0.25, -0.2) is 8.42 Å². The van der Waals surface area contributed by atoms with E-state index in [-0.39, 0.29) is 4.90 Å². The zero-order valence-corrected chi connectivity index (χ0v) is 18.3. The smallest absolute Gasteiger partial charge is 0.256 e. The molecule has 1 aliphatic rings. The minimum Gasteiger partial charge on any atom is -0.365 e. The molecule has 0 bridgehead atoms. The number of sulfonamides is 1. The van der Waals surface area contributed by atoms with Gasteiger partial charge in [-0.05, 0) is 62.4 Å². The summed E-state index contributed by atoms with van der Waals surface area (Å²) in [7, 11) is -3.57. The average molecular weight is 436 g/mol. The highest BCUT2D eigenvalue weighted by molar-refractivity contribution is 7.89. The van der Waals surface area contributed by atoms with Gasteiger partial charge in [0, 0.05) is 23.5 Å². The fraction of sp³-hybridized carbons (Fsp3) is 0.400. The Morgan fingerprint density at radius 2 is 1.86 bits per heavy atom. The van der Waals surface area contributed by atoms with E-state index in [1.807, 2.05) is 13.8 Å². The van der Waals surface area contributed by atoms with Gasteiger partial charge in [0.25, 0.3) is 11.8 Å². The lowest BCUT2D eigenvalue weighted by atomic mass is 10.0. The van der Waals surface area contributed by atoms with Crippen molar-refractivity contribution in [1.29, 1.82) is 0 Å². The van der Waals surface area contributed by atoms with Crippen molar-refractivity contribution < 1.29 is 18.0 Å². The second kappa shape index (κ2) is 8.25. The molecule has 0 spiro atoms. The lowest BCUT2D eigenvalue weighted by Crippen LogP contribution is -2.39. The molecule has 0 saturated carbocycles. The SMILES string of the molecule is Cc1sc(NC(=O)c2ccc(S(=O)(=O)N3CCC[C@H](C)C3)cc2)c(C(N)=O)c1C. The Morgan fingerprint density at radius 3 is 2.45 bits per heavy atom. The van der Waals surface area contributed by atoms with Crippen LogP contribution in [-0.4, -0.2) is 37.6 Å². The van der Waals surface area contributed by atoms with E-state index < -0.39 is 21.8 Å². The van der Waals surface area contributed by atoms with Gasteiger partial charge in [-0.1, -0.05) is 6.92 Å². The predicted molar refractivity (Wildman–Crippen MR) is 114 cm³/mol. The van der Waals surface area contributed by atoms with Crippen LogP contribution in [0.15, 0.2) is 29.2 Å². The van der Waals surface area contributed by atoms with Crippen LogP contribution in [0.3, 0.4) is 0 Å². The first-order valence-corrected chi connectivity index (χ1v) is 11.7. The summed E-state index contributed by atoms with van der Waals surface area (Å²) in [4.78, 5) is 25.4. The summed E-state index contributed by atoms with van der Waals surface area (Å²) in [6, 6.07) is 5.85. The summed E-state index contributed by atoms with van der Waals surface area (Å²) in [5.41, 5.74) is 6.79. The van der Waals surface area contributed by atoms with Crippen LogP contribution in [0.25, 0.3) is 0 Å². The number of nitrogens with zero attached hydrogens (tertiary/aromatic N) is 1. The highest BCUT2D eigenvalue weighted by atomic mass is 32.2. The molecule has 1 atom stereocenters. The molecule has 9 heteroatoms. The third-order valence-corrected chi connectivity index (χ3v) is 8.23. The summed E-state index contributed by atoms with van der Waals surface area (Å²) in [6.45, 7) is 6.70. The van der Waals surface area contributed by atoms with E-state index in [1.165, 1.54) is 39.9 Å². The predicted octanol–water partition coefficient (Wildman–Crippen LogP) is 3.14. The van der Waals surface area contributed by atoms with E-state index in [1.54, 1.807) is 6.92 Å². The molecule has 7 nitrogen and oxygen atoms in total. The molecule has 0 aliphatic carbocycles. The summed E-state index contributed by atoms with van der Waals surface area (Å²) in [5.74, 6) is -0.690. The maximum atomic E-state index is 12.8. The standard InChI is InChI=1S/C20H25N3O4S2/c1-12-5-4-10-23(11-12)29(26,27)16-8-6-15(7-9-16)19(25)22-20-17(18(21)24)13(2)14(3)28-20/h6-9,12H,4-5,10-11H2,1-3H3,(H2,21,24)(H,22,25)/t12-/m0/s1. The lowest BCUT2D eigenvalue weighted by Gasteiger charge is -2.30. The van der Waals surface area contributed by atoms with Crippen LogP contribution in [-0.2, 0) is 10.0 Å². The Morgan fingerprint density at radius 1 is 1.21 bits per heavy atom. The first-order chi connectivity index (χ1) is 13.6. The first kappa shape index (κ1) is 21.5. The number of hydrogen-bond donors (Lipinski definition) is 2. The van der Waals surface area contributed by atoms with E-state index in [2.05, 4.69) is 5.32 Å². The molecule has 1 aromatic carbocycles. The van der Waals surface area contributed by atoms with E-state index in [0.717, 1.165) is 23.3 Å². The van der Waals surface area contributed by atoms with Gasteiger partial charge in [0.05, 0.1) is 10.5 Å². The van der Waals surface area contributed by atoms with E-state index in [9.17, 15) is 18.0 Å². The first-order valence-electron chi connectivity index (χ1n) is 9.42. The van der Waals surface area contributed by atoms with Gasteiger partial charge in [-0.15, -0.1) is 11.3 Å². The number of aryl methyl sites for hydroxylation is 1. The molecule has 2 amide bonds. The molecular weight excluding hydrogens is 410 g/mol. The monoisotopic (exact) mass is 435 g/mol. The second-order valence-corrected chi connectivity index (χ2v) is 10.6. The average Bonchev–Trinajstić information content (AvgIpc) is 2.95. The van der Waals surface area contributed by atoms with Crippen molar-refractivity contribution in [2.24, 2.45) is 11.7 Å². The number of rotatable bonds is 5. The van der Waals surface area contributed by atoms with Gasteiger partial charge < -0.3 is 11.1 Å². The van der Waals surface area contributed by atoms with Crippen molar-refractivity contribution in [3.05, 3.63) is 45.8 Å². The van der Waals surface area contributed by atoms with Gasteiger partial charge in [-0.3, -0.25) is 9.59 Å². The molecule has 2 aromatic rings. The molecule has 29 heavy (non-hydrogen) atoms. The van der Waals surface area contributed by atoms with Crippen LogP contribution in [0.5, 0.6) is 0 Å². The molecule has 3 rings (SSSR count). The molecule has 1 aromatic heterocycles. The van der Waals surface area contributed by atoms with Crippen molar-refractivity contribution in [3.8, 4) is 0 Å². The molecule has 156 valence electrons. The molecule has 3 N–H and O–H groups in total. The molecule has 1 saturated heterocycles. The highest BCUT2D eigenvalue weighted by Gasteiger charge is 2.28. The van der Waals surface area contributed by atoms with Gasteiger partial charge in [-0.2, -0.15) is 4.31 Å². The zero-order valence-electron chi connectivity index (χ0n) is 16.7. The third-order valence-electron chi connectivity index (χ3n) is 5.23. The van der Waals surface area contributed by atoms with Crippen LogP contribution in [0.2, 0.25) is 0 Å². The molecule has 1 aliphatic heterocycles. The Kier molecular flexibility index (Phi) is 6.11. The fourth-order valence-corrected chi connectivity index (χ4v) is 6.14. The lowest BCUT2D eigenvalue weighted by molar-refractivity contribution is 0.100. The summed E-state index contributed by atoms with van der Waals surface area (Å²) >= 11 is 1.28. The number of anilines is 1. The number of primary amides is 1. The van der Waals surface area contributed by atoms with Gasteiger partial charge >= 0.3 is 0 Å². The van der Waals surface area contributed by atoms with Crippen LogP contribution in [0.4, 0.5) is 5.00 Å². The number of nitrogens with one attached hydrogen (secondary N) is 1. The van der Waals surface area contributed by atoms with Crippen LogP contribution < -0.4 is 11.1 Å². The summed E-state index contributed by atoms with van der Waals surface area (Å²) in [5, 5.41) is 3.12. The molecule has 1 fully saturated rings. The van der Waals surface area contributed by atoms with Crippen molar-refractivity contribution >= 4 is 38.2 Å². The number of thiophene rings is 1. The Bertz CT molecular complexity index is 1040. The maximum absolute atomic E-state index is 12.8. The minimum atomic E-state index is -3.57. The molecule has 0 unspecified atom stereocenters. The number of benzene rings is 1. The topological polar surface area (TPSA) is 110 Å². The minimum absolute atomic E-state index is 0.170. The Balaban J connectivity index is 1.79.